The van der Waals surface area contributed by atoms with E-state index in [1.165, 1.54) is 11.1 Å². The van der Waals surface area contributed by atoms with Gasteiger partial charge in [0.15, 0.2) is 0 Å². The van der Waals surface area contributed by atoms with E-state index in [2.05, 4.69) is 54.7 Å². The smallest absolute Gasteiger partial charge is 0.0438 e. The lowest BCUT2D eigenvalue weighted by atomic mass is 10.0. The Labute approximate surface area is 120 Å². The molecule has 1 atom stereocenters. The zero-order valence-electron chi connectivity index (χ0n) is 11.5. The molecule has 1 N–H and O–H groups in total. The van der Waals surface area contributed by atoms with Crippen LogP contribution in [0.3, 0.4) is 0 Å². The van der Waals surface area contributed by atoms with Crippen molar-refractivity contribution in [1.29, 1.82) is 0 Å². The number of benzene rings is 2. The fraction of sp³-hybridized carbons (Fsp3) is 0.294. The summed E-state index contributed by atoms with van der Waals surface area (Å²) in [5.74, 6) is 0.516. The Kier molecular flexibility index (Phi) is 5.00. The second-order valence-corrected chi connectivity index (χ2v) is 5.43. The largest absolute Gasteiger partial charge is 0.312 e. The van der Waals surface area contributed by atoms with Crippen LogP contribution < -0.4 is 5.32 Å². The van der Waals surface area contributed by atoms with E-state index in [1.54, 1.807) is 0 Å². The highest BCUT2D eigenvalue weighted by atomic mass is 35.5. The summed E-state index contributed by atoms with van der Waals surface area (Å²) in [7, 11) is 0. The van der Waals surface area contributed by atoms with Crippen LogP contribution in [0.2, 0.25) is 5.02 Å². The number of rotatable bonds is 5. The Bertz CT molecular complexity index is 522. The molecule has 2 aromatic carbocycles. The number of hydrogen-bond acceptors (Lipinski definition) is 1. The third-order valence-electron chi connectivity index (χ3n) is 3.38. The lowest BCUT2D eigenvalue weighted by Gasteiger charge is -2.13. The van der Waals surface area contributed by atoms with Crippen molar-refractivity contribution < 1.29 is 0 Å². The topological polar surface area (TPSA) is 12.0 Å². The Hall–Kier alpha value is -1.31. The average Bonchev–Trinajstić information content (AvgIpc) is 2.43. The van der Waals surface area contributed by atoms with Crippen molar-refractivity contribution >= 4 is 11.6 Å². The molecule has 19 heavy (non-hydrogen) atoms. The maximum atomic E-state index is 6.12. The van der Waals surface area contributed by atoms with Crippen LogP contribution in [0.5, 0.6) is 0 Å². The molecule has 0 fully saturated rings. The molecule has 0 aliphatic carbocycles. The summed E-state index contributed by atoms with van der Waals surface area (Å²) in [6.07, 6.45) is 0. The van der Waals surface area contributed by atoms with Gasteiger partial charge < -0.3 is 5.32 Å². The number of nitrogens with one attached hydrogen (secondary N) is 1. The third kappa shape index (κ3) is 4.09. The number of hydrogen-bond donors (Lipinski definition) is 1. The van der Waals surface area contributed by atoms with Gasteiger partial charge in [-0.25, -0.2) is 0 Å². The van der Waals surface area contributed by atoms with E-state index in [1.807, 2.05) is 13.0 Å². The molecule has 0 saturated heterocycles. The maximum Gasteiger partial charge on any atom is 0.0438 e. The van der Waals surface area contributed by atoms with E-state index >= 15 is 0 Å². The molecule has 0 heterocycles. The van der Waals surface area contributed by atoms with Gasteiger partial charge in [-0.3, -0.25) is 0 Å². The van der Waals surface area contributed by atoms with Crippen molar-refractivity contribution in [2.24, 2.45) is 0 Å². The highest BCUT2D eigenvalue weighted by Gasteiger charge is 2.04. The van der Waals surface area contributed by atoms with Gasteiger partial charge in [-0.2, -0.15) is 0 Å². The van der Waals surface area contributed by atoms with Gasteiger partial charge in [-0.15, -0.1) is 0 Å². The molecule has 0 amide bonds. The fourth-order valence-corrected chi connectivity index (χ4v) is 2.28. The molecule has 2 aromatic rings. The summed E-state index contributed by atoms with van der Waals surface area (Å²) >= 11 is 6.12. The Morgan fingerprint density at radius 3 is 2.53 bits per heavy atom. The second-order valence-electron chi connectivity index (χ2n) is 5.03. The summed E-state index contributed by atoms with van der Waals surface area (Å²) in [6.45, 7) is 6.09. The zero-order chi connectivity index (χ0) is 13.7. The third-order valence-corrected chi connectivity index (χ3v) is 3.79. The molecule has 0 spiro atoms. The highest BCUT2D eigenvalue weighted by molar-refractivity contribution is 6.31. The fourth-order valence-electron chi connectivity index (χ4n) is 2.08. The van der Waals surface area contributed by atoms with Crippen molar-refractivity contribution in [1.82, 2.24) is 5.32 Å². The Morgan fingerprint density at radius 1 is 1.11 bits per heavy atom. The normalized spacial score (nSPS) is 12.4. The molecule has 0 radical (unpaired) electrons. The molecule has 100 valence electrons. The van der Waals surface area contributed by atoms with Gasteiger partial charge in [0.25, 0.3) is 0 Å². The second kappa shape index (κ2) is 6.74. The molecule has 0 aliphatic heterocycles. The first kappa shape index (κ1) is 14.1. The van der Waals surface area contributed by atoms with E-state index in [9.17, 15) is 0 Å². The highest BCUT2D eigenvalue weighted by Crippen LogP contribution is 2.17. The molecule has 0 aliphatic rings. The van der Waals surface area contributed by atoms with Gasteiger partial charge in [-0.05, 0) is 35.6 Å². The molecule has 2 rings (SSSR count). The van der Waals surface area contributed by atoms with Gasteiger partial charge in [0.1, 0.15) is 0 Å². The predicted octanol–water partition coefficient (Wildman–Crippen LogP) is 4.54. The quantitative estimate of drug-likeness (QED) is 0.843. The van der Waals surface area contributed by atoms with E-state index in [0.29, 0.717) is 5.92 Å². The van der Waals surface area contributed by atoms with Crippen molar-refractivity contribution in [3.8, 4) is 0 Å². The van der Waals surface area contributed by atoms with Crippen LogP contribution in [0.4, 0.5) is 0 Å². The SMILES string of the molecule is Cc1ccc(CNCC(C)c2ccccc2)cc1Cl. The molecule has 1 nitrogen and oxygen atoms in total. The molecule has 0 saturated carbocycles. The van der Waals surface area contributed by atoms with Gasteiger partial charge in [-0.1, -0.05) is 61.0 Å². The summed E-state index contributed by atoms with van der Waals surface area (Å²) in [6, 6.07) is 16.8. The van der Waals surface area contributed by atoms with Crippen LogP contribution in [0, 0.1) is 6.92 Å². The maximum absolute atomic E-state index is 6.12. The first-order valence-electron chi connectivity index (χ1n) is 6.67. The van der Waals surface area contributed by atoms with Crippen LogP contribution in [0.1, 0.15) is 29.5 Å². The summed E-state index contributed by atoms with van der Waals surface area (Å²) in [5, 5.41) is 4.33. The number of aryl methyl sites for hydroxylation is 1. The van der Waals surface area contributed by atoms with Crippen molar-refractivity contribution in [2.75, 3.05) is 6.54 Å². The average molecular weight is 274 g/mol. The van der Waals surface area contributed by atoms with Crippen molar-refractivity contribution in [2.45, 2.75) is 26.3 Å². The zero-order valence-corrected chi connectivity index (χ0v) is 12.2. The molecule has 0 aromatic heterocycles. The van der Waals surface area contributed by atoms with E-state index in [-0.39, 0.29) is 0 Å². The standard InChI is InChI=1S/C17H20ClN/c1-13-8-9-15(10-17(13)18)12-19-11-14(2)16-6-4-3-5-7-16/h3-10,14,19H,11-12H2,1-2H3. The predicted molar refractivity (Wildman–Crippen MR) is 82.8 cm³/mol. The molecule has 2 heteroatoms. The van der Waals surface area contributed by atoms with Crippen molar-refractivity contribution in [3.05, 3.63) is 70.2 Å². The molecule has 1 unspecified atom stereocenters. The van der Waals surface area contributed by atoms with Gasteiger partial charge in [0, 0.05) is 18.1 Å². The first-order chi connectivity index (χ1) is 9.16. The van der Waals surface area contributed by atoms with Crippen LogP contribution >= 0.6 is 11.6 Å². The Balaban J connectivity index is 1.85. The molecule has 0 bridgehead atoms. The minimum absolute atomic E-state index is 0.516. The van der Waals surface area contributed by atoms with Crippen LogP contribution in [0.15, 0.2) is 48.5 Å². The van der Waals surface area contributed by atoms with Crippen molar-refractivity contribution in [3.63, 3.8) is 0 Å². The van der Waals surface area contributed by atoms with Gasteiger partial charge >= 0.3 is 0 Å². The first-order valence-corrected chi connectivity index (χ1v) is 7.05. The minimum atomic E-state index is 0.516. The Morgan fingerprint density at radius 2 is 1.84 bits per heavy atom. The summed E-state index contributed by atoms with van der Waals surface area (Å²) < 4.78 is 0. The lowest BCUT2D eigenvalue weighted by molar-refractivity contribution is 0.615. The van der Waals surface area contributed by atoms with Crippen LogP contribution in [0.25, 0.3) is 0 Å². The van der Waals surface area contributed by atoms with Crippen LogP contribution in [-0.4, -0.2) is 6.54 Å². The van der Waals surface area contributed by atoms with Gasteiger partial charge in [0.05, 0.1) is 0 Å². The summed E-state index contributed by atoms with van der Waals surface area (Å²) in [4.78, 5) is 0. The minimum Gasteiger partial charge on any atom is -0.312 e. The van der Waals surface area contributed by atoms with Crippen LogP contribution in [-0.2, 0) is 6.54 Å². The number of halogens is 1. The monoisotopic (exact) mass is 273 g/mol. The van der Waals surface area contributed by atoms with E-state index < -0.39 is 0 Å². The molecular weight excluding hydrogens is 254 g/mol. The summed E-state index contributed by atoms with van der Waals surface area (Å²) in [5.41, 5.74) is 3.73. The molecular formula is C17H20ClN. The van der Waals surface area contributed by atoms with E-state index in [0.717, 1.165) is 23.7 Å². The lowest BCUT2D eigenvalue weighted by Crippen LogP contribution is -2.19. The van der Waals surface area contributed by atoms with Gasteiger partial charge in [0.2, 0.25) is 0 Å². The van der Waals surface area contributed by atoms with E-state index in [4.69, 9.17) is 11.6 Å².